The molecule has 0 spiro atoms. The highest BCUT2D eigenvalue weighted by Gasteiger charge is 2.36. The van der Waals surface area contributed by atoms with E-state index in [4.69, 9.17) is 26.6 Å². The Morgan fingerprint density at radius 1 is 1.22 bits per heavy atom. The van der Waals surface area contributed by atoms with Crippen LogP contribution in [0.5, 0.6) is 0 Å². The molecule has 0 aliphatic carbocycles. The third kappa shape index (κ3) is 10.8. The van der Waals surface area contributed by atoms with E-state index in [-0.39, 0.29) is 6.61 Å². The van der Waals surface area contributed by atoms with Crippen molar-refractivity contribution in [3.63, 3.8) is 0 Å². The number of carboxylic acid groups (broad SMARTS) is 1. The zero-order chi connectivity index (χ0) is 21.0. The van der Waals surface area contributed by atoms with Crippen LogP contribution < -0.4 is 0 Å². The van der Waals surface area contributed by atoms with Crippen LogP contribution in [0, 0.1) is 0 Å². The third-order valence-electron chi connectivity index (χ3n) is 3.26. The maximum Gasteiger partial charge on any atom is 0.411 e. The van der Waals surface area contributed by atoms with Crippen LogP contribution >= 0.6 is 11.6 Å². The Balaban J connectivity index is 0.000000477. The summed E-state index contributed by atoms with van der Waals surface area (Å²) in [4.78, 5) is 23.7. The minimum Gasteiger partial charge on any atom is -0.480 e. The molecule has 0 saturated carbocycles. The second-order valence-corrected chi connectivity index (χ2v) is 7.60. The normalized spacial score (nSPS) is 15.8. The number of aliphatic hydroxyl groups is 1. The van der Waals surface area contributed by atoms with E-state index in [0.717, 1.165) is 12.0 Å². The molecule has 27 heavy (non-hydrogen) atoms. The summed E-state index contributed by atoms with van der Waals surface area (Å²) in [6, 6.07) is 6.38. The number of carboxylic acids is 1. The molecule has 0 radical (unpaired) electrons. The van der Waals surface area contributed by atoms with Crippen molar-refractivity contribution in [3.8, 4) is 0 Å². The lowest BCUT2D eigenvalue weighted by molar-refractivity contribution is -0.142. The van der Waals surface area contributed by atoms with Crippen molar-refractivity contribution in [2.45, 2.75) is 72.1 Å². The van der Waals surface area contributed by atoms with Gasteiger partial charge in [-0.25, -0.2) is 9.59 Å². The van der Waals surface area contributed by atoms with Crippen LogP contribution in [0.25, 0.3) is 0 Å². The zero-order valence-corrected chi connectivity index (χ0v) is 17.6. The van der Waals surface area contributed by atoms with Crippen LogP contribution in [0.15, 0.2) is 24.3 Å². The van der Waals surface area contributed by atoms with E-state index in [9.17, 15) is 9.59 Å². The lowest BCUT2D eigenvalue weighted by Gasteiger charge is -2.26. The molecule has 0 aromatic heterocycles. The van der Waals surface area contributed by atoms with Crippen molar-refractivity contribution < 1.29 is 24.5 Å². The molecule has 1 saturated heterocycles. The fourth-order valence-corrected chi connectivity index (χ4v) is 2.28. The van der Waals surface area contributed by atoms with Crippen molar-refractivity contribution in [2.24, 2.45) is 0 Å². The average Bonchev–Trinajstić information content (AvgIpc) is 3.05. The quantitative estimate of drug-likeness (QED) is 0.748. The molecule has 1 aliphatic heterocycles. The molecular formula is C20H32ClNO5. The number of benzene rings is 1. The number of carbonyl (C=O) groups is 2. The largest absolute Gasteiger partial charge is 0.480 e. The molecule has 1 aliphatic rings. The van der Waals surface area contributed by atoms with Gasteiger partial charge in [-0.3, -0.25) is 4.90 Å². The van der Waals surface area contributed by atoms with Gasteiger partial charge in [-0.1, -0.05) is 44.0 Å². The van der Waals surface area contributed by atoms with E-state index < -0.39 is 23.7 Å². The first kappa shape index (κ1) is 25.2. The predicted octanol–water partition coefficient (Wildman–Crippen LogP) is 4.72. The molecule has 6 nitrogen and oxygen atoms in total. The Labute approximate surface area is 167 Å². The van der Waals surface area contributed by atoms with Crippen molar-refractivity contribution in [1.82, 2.24) is 4.90 Å². The van der Waals surface area contributed by atoms with Gasteiger partial charge in [0.15, 0.2) is 0 Å². The summed E-state index contributed by atoms with van der Waals surface area (Å²) in [5, 5.41) is 18.2. The van der Waals surface area contributed by atoms with Gasteiger partial charge in [0, 0.05) is 11.6 Å². The number of likely N-dealkylation sites (tertiary alicyclic amines) is 1. The van der Waals surface area contributed by atoms with Gasteiger partial charge in [-0.15, -0.1) is 0 Å². The minimum absolute atomic E-state index is 0.0805. The second-order valence-electron chi connectivity index (χ2n) is 7.16. The highest BCUT2D eigenvalue weighted by molar-refractivity contribution is 6.30. The lowest BCUT2D eigenvalue weighted by Crippen LogP contribution is -2.43. The number of hydrogen-bond acceptors (Lipinski definition) is 4. The monoisotopic (exact) mass is 401 g/mol. The predicted molar refractivity (Wildman–Crippen MR) is 107 cm³/mol. The number of nitrogens with zero attached hydrogens (tertiary/aromatic N) is 1. The van der Waals surface area contributed by atoms with Crippen LogP contribution in [0.4, 0.5) is 4.79 Å². The molecule has 2 N–H and O–H groups in total. The second kappa shape index (κ2) is 12.6. The summed E-state index contributed by atoms with van der Waals surface area (Å²) in [7, 11) is 0. The topological polar surface area (TPSA) is 87.1 Å². The van der Waals surface area contributed by atoms with E-state index in [0.29, 0.717) is 18.0 Å². The Hall–Kier alpha value is -1.79. The smallest absolute Gasteiger partial charge is 0.411 e. The molecule has 1 aromatic carbocycles. The average molecular weight is 402 g/mol. The van der Waals surface area contributed by atoms with E-state index in [2.05, 4.69) is 13.8 Å². The van der Waals surface area contributed by atoms with Crippen LogP contribution in [-0.2, 0) is 16.1 Å². The van der Waals surface area contributed by atoms with Gasteiger partial charge < -0.3 is 14.9 Å². The summed E-state index contributed by atoms with van der Waals surface area (Å²) in [5.41, 5.74) is 0.308. The molecular weight excluding hydrogens is 370 g/mol. The minimum atomic E-state index is -0.960. The van der Waals surface area contributed by atoms with E-state index in [1.807, 2.05) is 0 Å². The number of halogens is 1. The van der Waals surface area contributed by atoms with Gasteiger partial charge in [0.05, 0.1) is 6.61 Å². The Kier molecular flexibility index (Phi) is 11.7. The van der Waals surface area contributed by atoms with Gasteiger partial charge in [-0.2, -0.15) is 0 Å². The highest BCUT2D eigenvalue weighted by Crippen LogP contribution is 2.20. The molecule has 154 valence electrons. The fraction of sp³-hybridized carbons (Fsp3) is 0.600. The maximum atomic E-state index is 11.6. The summed E-state index contributed by atoms with van der Waals surface area (Å²) in [6.07, 6.45) is 1.94. The highest BCUT2D eigenvalue weighted by atomic mass is 35.5. The first-order chi connectivity index (χ1) is 12.6. The molecule has 1 amide bonds. The molecule has 7 heteroatoms. The van der Waals surface area contributed by atoms with Crippen molar-refractivity contribution in [1.29, 1.82) is 0 Å². The van der Waals surface area contributed by atoms with Gasteiger partial charge >= 0.3 is 12.1 Å². The van der Waals surface area contributed by atoms with Crippen LogP contribution in [0.1, 0.15) is 59.4 Å². The molecule has 2 rings (SSSR count). The standard InChI is InChI=1S/C10H17NO4.C7H7ClO.C3H8/c1-10(2,3)15-9(14)11-6-4-5-7(11)8(12)13;8-7-3-1-6(5-9)2-4-7;1-3-2/h7H,4-6H2,1-3H3,(H,12,13);1-4,9H,5H2;3H2,1-2H3. The van der Waals surface area contributed by atoms with Crippen LogP contribution in [0.3, 0.4) is 0 Å². The molecule has 1 atom stereocenters. The third-order valence-corrected chi connectivity index (χ3v) is 3.51. The Morgan fingerprint density at radius 2 is 1.74 bits per heavy atom. The number of ether oxygens (including phenoxy) is 1. The van der Waals surface area contributed by atoms with Crippen molar-refractivity contribution >= 4 is 23.7 Å². The van der Waals surface area contributed by atoms with E-state index in [1.54, 1.807) is 45.0 Å². The van der Waals surface area contributed by atoms with Gasteiger partial charge in [0.1, 0.15) is 11.6 Å². The number of hydrogen-bond donors (Lipinski definition) is 2. The van der Waals surface area contributed by atoms with Gasteiger partial charge in [-0.05, 0) is 51.3 Å². The SMILES string of the molecule is CC(C)(C)OC(=O)N1CCCC1C(=O)O.CCC.OCc1ccc(Cl)cc1. The number of aliphatic carboxylic acids is 1. The van der Waals surface area contributed by atoms with E-state index >= 15 is 0 Å². The van der Waals surface area contributed by atoms with Gasteiger partial charge in [0.2, 0.25) is 0 Å². The van der Waals surface area contributed by atoms with Crippen LogP contribution in [0.2, 0.25) is 5.02 Å². The lowest BCUT2D eigenvalue weighted by atomic mass is 10.2. The summed E-state index contributed by atoms with van der Waals surface area (Å²) < 4.78 is 5.13. The van der Waals surface area contributed by atoms with Crippen molar-refractivity contribution in [2.75, 3.05) is 6.54 Å². The Morgan fingerprint density at radius 3 is 2.15 bits per heavy atom. The molecule has 1 fully saturated rings. The number of carbonyl (C=O) groups excluding carboxylic acids is 1. The molecule has 1 unspecified atom stereocenters. The summed E-state index contributed by atoms with van der Waals surface area (Å²) >= 11 is 5.59. The van der Waals surface area contributed by atoms with Crippen LogP contribution in [-0.4, -0.2) is 45.4 Å². The zero-order valence-electron chi connectivity index (χ0n) is 16.9. The number of aliphatic hydroxyl groups excluding tert-OH is 1. The first-order valence-corrected chi connectivity index (χ1v) is 9.51. The number of rotatable bonds is 2. The molecule has 0 bridgehead atoms. The molecule has 1 heterocycles. The Bertz CT molecular complexity index is 569. The number of amides is 1. The first-order valence-electron chi connectivity index (χ1n) is 9.13. The fourth-order valence-electron chi connectivity index (χ4n) is 2.15. The summed E-state index contributed by atoms with van der Waals surface area (Å²) in [5.74, 6) is -0.960. The van der Waals surface area contributed by atoms with Crippen molar-refractivity contribution in [3.05, 3.63) is 34.9 Å². The summed E-state index contributed by atoms with van der Waals surface area (Å²) in [6.45, 7) is 10.1. The van der Waals surface area contributed by atoms with Gasteiger partial charge in [0.25, 0.3) is 0 Å². The maximum absolute atomic E-state index is 11.6. The van der Waals surface area contributed by atoms with E-state index in [1.165, 1.54) is 11.3 Å². The molecule has 1 aromatic rings.